The summed E-state index contributed by atoms with van der Waals surface area (Å²) in [5, 5.41) is 9.39. The lowest BCUT2D eigenvalue weighted by molar-refractivity contribution is 0.189. The fraction of sp³-hybridized carbons (Fsp3) is 0.455. The van der Waals surface area contributed by atoms with Crippen molar-refractivity contribution in [3.05, 3.63) is 23.8 Å². The SMILES string of the molecule is Cc1ccc(S(=O)(=O)N2CCC(O)C2)c(N)c1. The number of anilines is 1. The predicted molar refractivity (Wildman–Crippen MR) is 65.0 cm³/mol. The summed E-state index contributed by atoms with van der Waals surface area (Å²) in [5.41, 5.74) is 6.92. The van der Waals surface area contributed by atoms with Crippen molar-refractivity contribution in [1.82, 2.24) is 4.31 Å². The first-order valence-corrected chi connectivity index (χ1v) is 6.89. The highest BCUT2D eigenvalue weighted by Crippen LogP contribution is 2.26. The molecule has 1 atom stereocenters. The minimum atomic E-state index is -3.57. The fourth-order valence-corrected chi connectivity index (χ4v) is 3.56. The predicted octanol–water partition coefficient (Wildman–Crippen LogP) is 0.333. The quantitative estimate of drug-likeness (QED) is 0.747. The number of nitrogen functional groups attached to an aromatic ring is 1. The molecule has 0 bridgehead atoms. The minimum Gasteiger partial charge on any atom is -0.398 e. The third-order valence-electron chi connectivity index (χ3n) is 2.91. The number of aliphatic hydroxyl groups is 1. The van der Waals surface area contributed by atoms with Gasteiger partial charge in [0, 0.05) is 13.1 Å². The Balaban J connectivity index is 2.38. The first-order chi connectivity index (χ1) is 7.91. The van der Waals surface area contributed by atoms with Crippen LogP contribution in [0.1, 0.15) is 12.0 Å². The lowest BCUT2D eigenvalue weighted by Crippen LogP contribution is -2.30. The molecule has 1 unspecified atom stereocenters. The maximum atomic E-state index is 12.2. The zero-order valence-electron chi connectivity index (χ0n) is 9.63. The van der Waals surface area contributed by atoms with E-state index in [1.807, 2.05) is 6.92 Å². The number of nitrogens with zero attached hydrogens (tertiary/aromatic N) is 1. The van der Waals surface area contributed by atoms with Gasteiger partial charge in [0.2, 0.25) is 10.0 Å². The largest absolute Gasteiger partial charge is 0.398 e. The molecule has 0 amide bonds. The van der Waals surface area contributed by atoms with Crippen LogP contribution in [0.5, 0.6) is 0 Å². The molecule has 6 heteroatoms. The van der Waals surface area contributed by atoms with Crippen LogP contribution >= 0.6 is 0 Å². The van der Waals surface area contributed by atoms with E-state index in [4.69, 9.17) is 5.73 Å². The second kappa shape index (κ2) is 4.29. The molecule has 3 N–H and O–H groups in total. The molecule has 0 aromatic heterocycles. The summed E-state index contributed by atoms with van der Waals surface area (Å²) >= 11 is 0. The molecule has 0 spiro atoms. The average Bonchev–Trinajstić information content (AvgIpc) is 2.64. The van der Waals surface area contributed by atoms with Crippen molar-refractivity contribution < 1.29 is 13.5 Å². The Morgan fingerprint density at radius 2 is 2.18 bits per heavy atom. The smallest absolute Gasteiger partial charge is 0.245 e. The molecule has 1 aromatic rings. The molecule has 1 saturated heterocycles. The highest BCUT2D eigenvalue weighted by atomic mass is 32.2. The Bertz CT molecular complexity index is 528. The number of nitrogens with two attached hydrogens (primary N) is 1. The topological polar surface area (TPSA) is 83.6 Å². The third-order valence-corrected chi connectivity index (χ3v) is 4.85. The Morgan fingerprint density at radius 1 is 1.47 bits per heavy atom. The van der Waals surface area contributed by atoms with E-state index >= 15 is 0 Å². The zero-order valence-corrected chi connectivity index (χ0v) is 10.4. The summed E-state index contributed by atoms with van der Waals surface area (Å²) < 4.78 is 25.8. The highest BCUT2D eigenvalue weighted by Gasteiger charge is 2.32. The van der Waals surface area contributed by atoms with E-state index in [-0.39, 0.29) is 17.1 Å². The van der Waals surface area contributed by atoms with Gasteiger partial charge in [-0.15, -0.1) is 0 Å². The summed E-state index contributed by atoms with van der Waals surface area (Å²) in [5.74, 6) is 0. The van der Waals surface area contributed by atoms with Crippen LogP contribution in [-0.4, -0.2) is 37.0 Å². The van der Waals surface area contributed by atoms with Gasteiger partial charge < -0.3 is 10.8 Å². The number of aryl methyl sites for hydroxylation is 1. The maximum absolute atomic E-state index is 12.2. The summed E-state index contributed by atoms with van der Waals surface area (Å²) in [6, 6.07) is 4.87. The van der Waals surface area contributed by atoms with Gasteiger partial charge in [-0.1, -0.05) is 6.07 Å². The van der Waals surface area contributed by atoms with Crippen LogP contribution in [0, 0.1) is 6.92 Å². The van der Waals surface area contributed by atoms with Crippen molar-refractivity contribution in [3.63, 3.8) is 0 Å². The van der Waals surface area contributed by atoms with Gasteiger partial charge in [-0.25, -0.2) is 8.42 Å². The number of aliphatic hydroxyl groups excluding tert-OH is 1. The monoisotopic (exact) mass is 256 g/mol. The van der Waals surface area contributed by atoms with Gasteiger partial charge in [-0.3, -0.25) is 0 Å². The van der Waals surface area contributed by atoms with E-state index in [0.29, 0.717) is 13.0 Å². The Kier molecular flexibility index (Phi) is 3.11. The van der Waals surface area contributed by atoms with Gasteiger partial charge in [-0.2, -0.15) is 4.31 Å². The van der Waals surface area contributed by atoms with Gasteiger partial charge in [-0.05, 0) is 31.0 Å². The zero-order chi connectivity index (χ0) is 12.6. The van der Waals surface area contributed by atoms with E-state index < -0.39 is 16.1 Å². The first kappa shape index (κ1) is 12.3. The van der Waals surface area contributed by atoms with Gasteiger partial charge in [0.1, 0.15) is 4.90 Å². The molecular weight excluding hydrogens is 240 g/mol. The number of β-amino-alcohol motifs (C(OH)–C–C–N with tert-alkyl or cyclic N) is 1. The summed E-state index contributed by atoms with van der Waals surface area (Å²) in [6.45, 7) is 2.35. The van der Waals surface area contributed by atoms with Crippen LogP contribution in [0.4, 0.5) is 5.69 Å². The van der Waals surface area contributed by atoms with Gasteiger partial charge in [0.15, 0.2) is 0 Å². The summed E-state index contributed by atoms with van der Waals surface area (Å²) in [6.07, 6.45) is -0.0956. The molecular formula is C11H16N2O3S. The molecule has 1 aliphatic rings. The van der Waals surface area contributed by atoms with Crippen LogP contribution < -0.4 is 5.73 Å². The highest BCUT2D eigenvalue weighted by molar-refractivity contribution is 7.89. The number of hydrogen-bond acceptors (Lipinski definition) is 4. The van der Waals surface area contributed by atoms with Crippen molar-refractivity contribution in [2.24, 2.45) is 0 Å². The van der Waals surface area contributed by atoms with Gasteiger partial charge in [0.25, 0.3) is 0 Å². The maximum Gasteiger partial charge on any atom is 0.245 e. The van der Waals surface area contributed by atoms with E-state index in [9.17, 15) is 13.5 Å². The molecule has 17 heavy (non-hydrogen) atoms. The van der Waals surface area contributed by atoms with Crippen molar-refractivity contribution >= 4 is 15.7 Å². The molecule has 1 aliphatic heterocycles. The van der Waals surface area contributed by atoms with Crippen molar-refractivity contribution in [2.75, 3.05) is 18.8 Å². The molecule has 0 aliphatic carbocycles. The second-order valence-corrected chi connectivity index (χ2v) is 6.25. The lowest BCUT2D eigenvalue weighted by atomic mass is 10.2. The van der Waals surface area contributed by atoms with Gasteiger partial charge in [0.05, 0.1) is 11.8 Å². The van der Waals surface area contributed by atoms with E-state index in [1.165, 1.54) is 10.4 Å². The summed E-state index contributed by atoms with van der Waals surface area (Å²) in [4.78, 5) is 0.122. The van der Waals surface area contributed by atoms with E-state index in [1.54, 1.807) is 12.1 Å². The standard InChI is InChI=1S/C11H16N2O3S/c1-8-2-3-11(10(12)6-8)17(15,16)13-5-4-9(14)7-13/h2-3,6,9,14H,4-5,7,12H2,1H3. The molecule has 94 valence electrons. The van der Waals surface area contributed by atoms with Crippen molar-refractivity contribution in [1.29, 1.82) is 0 Å². The number of benzene rings is 1. The lowest BCUT2D eigenvalue weighted by Gasteiger charge is -2.17. The first-order valence-electron chi connectivity index (χ1n) is 5.45. The Hall–Kier alpha value is -1.11. The van der Waals surface area contributed by atoms with Crippen LogP contribution in [0.15, 0.2) is 23.1 Å². The molecule has 5 nitrogen and oxygen atoms in total. The van der Waals surface area contributed by atoms with Crippen LogP contribution in [-0.2, 0) is 10.0 Å². The van der Waals surface area contributed by atoms with Crippen LogP contribution in [0.2, 0.25) is 0 Å². The number of hydrogen-bond donors (Lipinski definition) is 2. The van der Waals surface area contributed by atoms with Crippen molar-refractivity contribution in [3.8, 4) is 0 Å². The van der Waals surface area contributed by atoms with E-state index in [2.05, 4.69) is 0 Å². The van der Waals surface area contributed by atoms with E-state index in [0.717, 1.165) is 5.56 Å². The van der Waals surface area contributed by atoms with Crippen LogP contribution in [0.25, 0.3) is 0 Å². The Morgan fingerprint density at radius 3 is 2.71 bits per heavy atom. The average molecular weight is 256 g/mol. The van der Waals surface area contributed by atoms with Crippen LogP contribution in [0.3, 0.4) is 0 Å². The van der Waals surface area contributed by atoms with Gasteiger partial charge >= 0.3 is 0 Å². The fourth-order valence-electron chi connectivity index (χ4n) is 1.97. The van der Waals surface area contributed by atoms with Crippen molar-refractivity contribution in [2.45, 2.75) is 24.3 Å². The number of rotatable bonds is 2. The second-order valence-electron chi connectivity index (χ2n) is 4.35. The summed E-state index contributed by atoms with van der Waals surface area (Å²) in [7, 11) is -3.57. The normalized spacial score (nSPS) is 21.9. The number of sulfonamides is 1. The molecule has 0 radical (unpaired) electrons. The third kappa shape index (κ3) is 2.29. The molecule has 1 heterocycles. The molecule has 1 aromatic carbocycles. The Labute approximate surface area is 101 Å². The molecule has 0 saturated carbocycles. The molecule has 1 fully saturated rings. The molecule has 2 rings (SSSR count). The minimum absolute atomic E-state index is 0.122.